The van der Waals surface area contributed by atoms with Crippen molar-refractivity contribution in [3.8, 4) is 0 Å². The van der Waals surface area contributed by atoms with E-state index in [-0.39, 0.29) is 18.4 Å². The van der Waals surface area contributed by atoms with Crippen LogP contribution < -0.4 is 5.32 Å². The molecule has 0 radical (unpaired) electrons. The van der Waals surface area contributed by atoms with Crippen molar-refractivity contribution in [1.82, 2.24) is 15.1 Å². The zero-order chi connectivity index (χ0) is 30.4. The highest BCUT2D eigenvalue weighted by molar-refractivity contribution is 5.92. The minimum absolute atomic E-state index is 0.00901. The molecule has 0 aliphatic carbocycles. The fourth-order valence-corrected chi connectivity index (χ4v) is 4.13. The second kappa shape index (κ2) is 13.5. The Morgan fingerprint density at radius 1 is 0.868 bits per heavy atom. The van der Waals surface area contributed by atoms with Gasteiger partial charge in [-0.3, -0.25) is 14.5 Å². The summed E-state index contributed by atoms with van der Waals surface area (Å²) in [5, 5.41) is 2.94. The van der Waals surface area contributed by atoms with Gasteiger partial charge in [0.15, 0.2) is 0 Å². The van der Waals surface area contributed by atoms with Gasteiger partial charge in [-0.15, -0.1) is 0 Å². The lowest BCUT2D eigenvalue weighted by Crippen LogP contribution is -2.62. The van der Waals surface area contributed by atoms with E-state index >= 15 is 0 Å². The molecule has 0 saturated carbocycles. The van der Waals surface area contributed by atoms with E-state index in [9.17, 15) is 19.2 Å². The van der Waals surface area contributed by atoms with Crippen molar-refractivity contribution < 1.29 is 28.7 Å². The molecule has 0 aromatic rings. The van der Waals surface area contributed by atoms with Crippen molar-refractivity contribution >= 4 is 23.9 Å². The van der Waals surface area contributed by atoms with Crippen LogP contribution in [0.2, 0.25) is 0 Å². The lowest BCUT2D eigenvalue weighted by molar-refractivity contribution is -0.142. The summed E-state index contributed by atoms with van der Waals surface area (Å²) in [6, 6.07) is -2.20. The van der Waals surface area contributed by atoms with E-state index in [4.69, 9.17) is 9.47 Å². The van der Waals surface area contributed by atoms with Gasteiger partial charge < -0.3 is 19.7 Å². The Balaban J connectivity index is 6.27. The van der Waals surface area contributed by atoms with Crippen LogP contribution in [0.3, 0.4) is 0 Å². The average Bonchev–Trinajstić information content (AvgIpc) is 2.71. The average molecular weight is 540 g/mol. The van der Waals surface area contributed by atoms with E-state index in [1.807, 2.05) is 55.4 Å². The van der Waals surface area contributed by atoms with Crippen LogP contribution in [0.1, 0.15) is 90.0 Å². The van der Waals surface area contributed by atoms with Crippen LogP contribution in [0.4, 0.5) is 4.79 Å². The Morgan fingerprint density at radius 2 is 1.37 bits per heavy atom. The van der Waals surface area contributed by atoms with Crippen LogP contribution in [0.5, 0.6) is 0 Å². The maximum Gasteiger partial charge on any atom is 0.410 e. The van der Waals surface area contributed by atoms with Crippen molar-refractivity contribution in [2.75, 3.05) is 20.7 Å². The highest BCUT2D eigenvalue weighted by Crippen LogP contribution is 2.28. The third-order valence-electron chi connectivity index (χ3n) is 6.03. The first-order chi connectivity index (χ1) is 17.0. The Labute approximate surface area is 230 Å². The fourth-order valence-electron chi connectivity index (χ4n) is 4.13. The van der Waals surface area contributed by atoms with Gasteiger partial charge in [0.05, 0.1) is 12.6 Å². The maximum absolute atomic E-state index is 13.9. The van der Waals surface area contributed by atoms with Crippen LogP contribution in [-0.4, -0.2) is 78.1 Å². The molecule has 0 aliphatic heterocycles. The summed E-state index contributed by atoms with van der Waals surface area (Å²) >= 11 is 0. The van der Waals surface area contributed by atoms with E-state index in [1.54, 1.807) is 52.6 Å². The molecule has 0 unspecified atom stereocenters. The van der Waals surface area contributed by atoms with Crippen LogP contribution >= 0.6 is 0 Å². The number of ether oxygens (including phenoxy) is 2. The summed E-state index contributed by atoms with van der Waals surface area (Å²) < 4.78 is 10.6. The van der Waals surface area contributed by atoms with Crippen LogP contribution in [0, 0.1) is 16.7 Å². The van der Waals surface area contributed by atoms with Crippen molar-refractivity contribution in [2.45, 2.75) is 114 Å². The summed E-state index contributed by atoms with van der Waals surface area (Å²) in [7, 11) is 3.20. The molecule has 3 amide bonds. The second-order valence-corrected chi connectivity index (χ2v) is 13.4. The Bertz CT molecular complexity index is 874. The minimum Gasteiger partial charge on any atom is -0.463 e. The van der Waals surface area contributed by atoms with E-state index in [2.05, 4.69) is 5.32 Å². The Morgan fingerprint density at radius 3 is 1.74 bits per heavy atom. The fraction of sp³-hybridized carbons (Fsp3) is 0.793. The largest absolute Gasteiger partial charge is 0.463 e. The zero-order valence-corrected chi connectivity index (χ0v) is 26.4. The van der Waals surface area contributed by atoms with Gasteiger partial charge in [0.2, 0.25) is 11.8 Å². The molecule has 3 atom stereocenters. The number of amides is 3. The summed E-state index contributed by atoms with van der Waals surface area (Å²) in [4.78, 5) is 55.5. The SMILES string of the molecule is CCOC(=O)/C(C)=C/[C@H](C(C)C)N(C)C(=O)[C@@H](NC(=O)[C@@H](N(C)C(=O)OC(C)(C)C)C(C)(C)C)C(C)(C)C. The number of nitrogens with one attached hydrogen (secondary N) is 1. The Kier molecular flexibility index (Phi) is 12.6. The standard InChI is InChI=1S/C29H53N3O6/c1-16-37-25(35)19(4)17-20(18(2)3)31(14)24(34)21(27(5,6)7)30-23(33)22(28(8,9)10)32(15)26(36)38-29(11,12)13/h17-18,20-22H,16H2,1-15H3,(H,30,33)/b19-17+/t20-,21-,22-/m1/s1. The third kappa shape index (κ3) is 10.7. The predicted octanol–water partition coefficient (Wildman–Crippen LogP) is 4.79. The van der Waals surface area contributed by atoms with Crippen molar-refractivity contribution in [2.24, 2.45) is 16.7 Å². The number of rotatable bonds is 9. The minimum atomic E-state index is -0.896. The molecule has 1 N–H and O–H groups in total. The summed E-state index contributed by atoms with van der Waals surface area (Å²) in [6.07, 6.45) is 1.11. The van der Waals surface area contributed by atoms with Crippen LogP contribution in [0.15, 0.2) is 11.6 Å². The number of hydrogen-bond donors (Lipinski definition) is 1. The first-order valence-electron chi connectivity index (χ1n) is 13.3. The topological polar surface area (TPSA) is 105 Å². The van der Waals surface area contributed by atoms with Gasteiger partial charge in [0.1, 0.15) is 17.7 Å². The molecule has 9 nitrogen and oxygen atoms in total. The quantitative estimate of drug-likeness (QED) is 0.334. The predicted molar refractivity (Wildman–Crippen MR) is 150 cm³/mol. The van der Waals surface area contributed by atoms with E-state index in [1.165, 1.54) is 11.9 Å². The van der Waals surface area contributed by atoms with Crippen molar-refractivity contribution in [3.05, 3.63) is 11.6 Å². The monoisotopic (exact) mass is 539 g/mol. The number of likely N-dealkylation sites (N-methyl/N-ethyl adjacent to an activating group) is 2. The maximum atomic E-state index is 13.9. The molecule has 0 aromatic heterocycles. The molecule has 9 heteroatoms. The highest BCUT2D eigenvalue weighted by Gasteiger charge is 2.43. The first kappa shape index (κ1) is 35.4. The van der Waals surface area contributed by atoms with E-state index in [0.29, 0.717) is 5.57 Å². The van der Waals surface area contributed by atoms with Gasteiger partial charge in [-0.05, 0) is 51.4 Å². The normalized spacial score (nSPS) is 15.3. The van der Waals surface area contributed by atoms with Gasteiger partial charge in [0, 0.05) is 19.7 Å². The molecule has 38 heavy (non-hydrogen) atoms. The number of hydrogen-bond acceptors (Lipinski definition) is 6. The van der Waals surface area contributed by atoms with Crippen LogP contribution in [-0.2, 0) is 23.9 Å². The van der Waals surface area contributed by atoms with E-state index < -0.39 is 52.5 Å². The lowest BCUT2D eigenvalue weighted by atomic mass is 9.82. The molecule has 0 saturated heterocycles. The van der Waals surface area contributed by atoms with E-state index in [0.717, 1.165) is 0 Å². The molecular formula is C29H53N3O6. The van der Waals surface area contributed by atoms with Crippen molar-refractivity contribution in [1.29, 1.82) is 0 Å². The zero-order valence-electron chi connectivity index (χ0n) is 26.4. The second-order valence-electron chi connectivity index (χ2n) is 13.4. The Hall–Kier alpha value is -2.58. The molecule has 0 heterocycles. The molecule has 220 valence electrons. The molecule has 0 aromatic carbocycles. The molecule has 0 rings (SSSR count). The summed E-state index contributed by atoms with van der Waals surface area (Å²) in [5.74, 6) is -1.19. The summed E-state index contributed by atoms with van der Waals surface area (Å²) in [5.41, 5.74) is -1.60. The van der Waals surface area contributed by atoms with Crippen LogP contribution in [0.25, 0.3) is 0 Å². The molecule has 0 spiro atoms. The summed E-state index contributed by atoms with van der Waals surface area (Å²) in [6.45, 7) is 24.1. The third-order valence-corrected chi connectivity index (χ3v) is 6.03. The molecule has 0 aliphatic rings. The number of carbonyl (C=O) groups excluding carboxylic acids is 4. The smallest absolute Gasteiger partial charge is 0.410 e. The lowest BCUT2D eigenvalue weighted by Gasteiger charge is -2.41. The first-order valence-corrected chi connectivity index (χ1v) is 13.3. The van der Waals surface area contributed by atoms with Gasteiger partial charge in [-0.25, -0.2) is 9.59 Å². The van der Waals surface area contributed by atoms with Gasteiger partial charge in [-0.1, -0.05) is 61.5 Å². The number of esters is 1. The molecular weight excluding hydrogens is 486 g/mol. The highest BCUT2D eigenvalue weighted by atomic mass is 16.6. The van der Waals surface area contributed by atoms with Crippen molar-refractivity contribution in [3.63, 3.8) is 0 Å². The molecule has 0 bridgehead atoms. The molecule has 0 fully saturated rings. The number of carbonyl (C=O) groups is 4. The van der Waals surface area contributed by atoms with Gasteiger partial charge >= 0.3 is 12.1 Å². The van der Waals surface area contributed by atoms with Gasteiger partial charge in [0.25, 0.3) is 0 Å². The number of nitrogens with zero attached hydrogens (tertiary/aromatic N) is 2. The van der Waals surface area contributed by atoms with Gasteiger partial charge in [-0.2, -0.15) is 0 Å².